The molecule has 6 nitrogen and oxygen atoms in total. The molecule has 1 unspecified atom stereocenters. The van der Waals surface area contributed by atoms with Gasteiger partial charge in [-0.15, -0.1) is 0 Å². The molecule has 2 saturated heterocycles. The second-order valence-electron chi connectivity index (χ2n) is 7.58. The molecule has 3 aliphatic rings. The Bertz CT molecular complexity index is 697. The van der Waals surface area contributed by atoms with E-state index in [9.17, 15) is 14.4 Å². The number of hydrogen-bond donors (Lipinski definition) is 1. The summed E-state index contributed by atoms with van der Waals surface area (Å²) >= 11 is 1.66. The molecule has 1 aliphatic carbocycles. The average Bonchev–Trinajstić information content (AvgIpc) is 3.40. The van der Waals surface area contributed by atoms with E-state index in [0.717, 1.165) is 45.1 Å². The van der Waals surface area contributed by atoms with Gasteiger partial charge < -0.3 is 10.2 Å². The van der Waals surface area contributed by atoms with Crippen LogP contribution in [0.1, 0.15) is 63.0 Å². The van der Waals surface area contributed by atoms with Gasteiger partial charge in [0.1, 0.15) is 5.54 Å². The Morgan fingerprint density at radius 3 is 2.81 bits per heavy atom. The van der Waals surface area contributed by atoms with Crippen LogP contribution in [0.5, 0.6) is 0 Å². The van der Waals surface area contributed by atoms with Crippen LogP contribution >= 0.6 is 11.3 Å². The molecule has 0 radical (unpaired) electrons. The van der Waals surface area contributed by atoms with Gasteiger partial charge in [0, 0.05) is 19.5 Å². The normalized spacial score (nSPS) is 24.7. The fourth-order valence-electron chi connectivity index (χ4n) is 4.61. The zero-order chi connectivity index (χ0) is 18.1. The molecule has 0 aromatic carbocycles. The first-order valence-corrected chi connectivity index (χ1v) is 10.5. The Hall–Kier alpha value is -1.89. The third-order valence-corrected chi connectivity index (χ3v) is 6.68. The molecule has 1 atom stereocenters. The van der Waals surface area contributed by atoms with Gasteiger partial charge in [-0.05, 0) is 54.5 Å². The Balaban J connectivity index is 1.31. The maximum Gasteiger partial charge on any atom is 0.325 e. The summed E-state index contributed by atoms with van der Waals surface area (Å²) in [6.07, 6.45) is 6.40. The van der Waals surface area contributed by atoms with Gasteiger partial charge in [-0.25, -0.2) is 4.79 Å². The molecule has 26 heavy (non-hydrogen) atoms. The van der Waals surface area contributed by atoms with E-state index >= 15 is 0 Å². The smallest absolute Gasteiger partial charge is 0.325 e. The summed E-state index contributed by atoms with van der Waals surface area (Å²) in [5.41, 5.74) is 0.568. The largest absolute Gasteiger partial charge is 0.336 e. The number of hydrogen-bond acceptors (Lipinski definition) is 4. The molecule has 1 aromatic rings. The lowest BCUT2D eigenvalue weighted by atomic mass is 9.98. The summed E-state index contributed by atoms with van der Waals surface area (Å²) in [5, 5.41) is 7.06. The number of carbonyl (C=O) groups excluding carboxylic acids is 3. The van der Waals surface area contributed by atoms with Crippen LogP contribution in [0.25, 0.3) is 0 Å². The standard InChI is InChI=1S/C19H25N3O3S/c23-16(21-10-3-5-15(21)14-7-12-26-13-14)6-4-11-22-17(24)19(20-18(22)25)8-1-2-9-19/h7,12-13,15H,1-6,8-11H2,(H,20,25). The Morgan fingerprint density at radius 2 is 2.08 bits per heavy atom. The molecule has 3 fully saturated rings. The summed E-state index contributed by atoms with van der Waals surface area (Å²) in [6, 6.07) is 1.99. The van der Waals surface area contributed by atoms with Crippen molar-refractivity contribution in [3.8, 4) is 0 Å². The Kier molecular flexibility index (Phi) is 4.73. The number of amides is 4. The molecule has 4 rings (SSSR count). The zero-order valence-corrected chi connectivity index (χ0v) is 15.7. The molecule has 1 N–H and O–H groups in total. The number of thiophene rings is 1. The fraction of sp³-hybridized carbons (Fsp3) is 0.632. The summed E-state index contributed by atoms with van der Waals surface area (Å²) in [7, 11) is 0. The SMILES string of the molecule is O=C1NC2(CCCC2)C(=O)N1CCCC(=O)N1CCCC1c1ccsc1. The molecule has 140 valence electrons. The van der Waals surface area contributed by atoms with Gasteiger partial charge in [0.15, 0.2) is 0 Å². The predicted molar refractivity (Wildman–Crippen MR) is 98.7 cm³/mol. The summed E-state index contributed by atoms with van der Waals surface area (Å²) in [5.74, 6) is 0.0334. The van der Waals surface area contributed by atoms with Gasteiger partial charge in [0.25, 0.3) is 5.91 Å². The highest BCUT2D eigenvalue weighted by atomic mass is 32.1. The second kappa shape index (κ2) is 7.02. The van der Waals surface area contributed by atoms with E-state index < -0.39 is 5.54 Å². The average molecular weight is 375 g/mol. The minimum absolute atomic E-state index is 0.0928. The molecule has 1 spiro atoms. The van der Waals surface area contributed by atoms with Crippen molar-refractivity contribution in [1.29, 1.82) is 0 Å². The van der Waals surface area contributed by atoms with E-state index in [1.807, 2.05) is 10.3 Å². The maximum atomic E-state index is 12.7. The van der Waals surface area contributed by atoms with Crippen molar-refractivity contribution in [1.82, 2.24) is 15.1 Å². The molecular weight excluding hydrogens is 350 g/mol. The maximum absolute atomic E-state index is 12.7. The number of imide groups is 1. The number of nitrogens with zero attached hydrogens (tertiary/aromatic N) is 2. The van der Waals surface area contributed by atoms with Gasteiger partial charge in [-0.1, -0.05) is 12.8 Å². The van der Waals surface area contributed by atoms with E-state index in [-0.39, 0.29) is 23.9 Å². The Labute approximate surface area is 157 Å². The molecule has 1 aromatic heterocycles. The van der Waals surface area contributed by atoms with Crippen LogP contribution in [-0.4, -0.2) is 46.3 Å². The molecule has 2 aliphatic heterocycles. The van der Waals surface area contributed by atoms with Crippen LogP contribution in [0.3, 0.4) is 0 Å². The minimum atomic E-state index is -0.653. The van der Waals surface area contributed by atoms with Gasteiger partial charge in [-0.2, -0.15) is 11.3 Å². The Morgan fingerprint density at radius 1 is 1.27 bits per heavy atom. The van der Waals surface area contributed by atoms with E-state index in [4.69, 9.17) is 0 Å². The summed E-state index contributed by atoms with van der Waals surface area (Å²) in [6.45, 7) is 1.13. The van der Waals surface area contributed by atoms with Crippen molar-refractivity contribution in [3.05, 3.63) is 22.4 Å². The monoisotopic (exact) mass is 375 g/mol. The highest BCUT2D eigenvalue weighted by Gasteiger charge is 2.52. The highest BCUT2D eigenvalue weighted by molar-refractivity contribution is 7.08. The lowest BCUT2D eigenvalue weighted by Gasteiger charge is -2.24. The van der Waals surface area contributed by atoms with Gasteiger partial charge >= 0.3 is 6.03 Å². The van der Waals surface area contributed by atoms with Gasteiger partial charge in [0.05, 0.1) is 6.04 Å². The number of rotatable bonds is 5. The summed E-state index contributed by atoms with van der Waals surface area (Å²) in [4.78, 5) is 40.8. The molecule has 4 amide bonds. The first kappa shape index (κ1) is 17.5. The van der Waals surface area contributed by atoms with Crippen molar-refractivity contribution >= 4 is 29.2 Å². The molecule has 7 heteroatoms. The highest BCUT2D eigenvalue weighted by Crippen LogP contribution is 2.36. The second-order valence-corrected chi connectivity index (χ2v) is 8.36. The lowest BCUT2D eigenvalue weighted by Crippen LogP contribution is -2.44. The van der Waals surface area contributed by atoms with E-state index in [0.29, 0.717) is 19.4 Å². The quantitative estimate of drug-likeness (QED) is 0.804. The van der Waals surface area contributed by atoms with Crippen molar-refractivity contribution in [2.75, 3.05) is 13.1 Å². The molecular formula is C19H25N3O3S. The summed E-state index contributed by atoms with van der Waals surface area (Å²) < 4.78 is 0. The topological polar surface area (TPSA) is 69.7 Å². The van der Waals surface area contributed by atoms with Crippen molar-refractivity contribution in [2.24, 2.45) is 0 Å². The fourth-order valence-corrected chi connectivity index (χ4v) is 5.31. The van der Waals surface area contributed by atoms with Crippen molar-refractivity contribution < 1.29 is 14.4 Å². The first-order chi connectivity index (χ1) is 12.6. The lowest BCUT2D eigenvalue weighted by molar-refractivity contribution is -0.134. The number of urea groups is 1. The van der Waals surface area contributed by atoms with Crippen LogP contribution in [-0.2, 0) is 9.59 Å². The number of likely N-dealkylation sites (tertiary alicyclic amines) is 1. The minimum Gasteiger partial charge on any atom is -0.336 e. The van der Waals surface area contributed by atoms with Crippen LogP contribution in [0, 0.1) is 0 Å². The first-order valence-electron chi connectivity index (χ1n) is 9.56. The third-order valence-electron chi connectivity index (χ3n) is 5.98. The number of nitrogens with one attached hydrogen (secondary N) is 1. The zero-order valence-electron chi connectivity index (χ0n) is 14.9. The van der Waals surface area contributed by atoms with E-state index in [2.05, 4.69) is 16.8 Å². The molecule has 0 bridgehead atoms. The molecule has 1 saturated carbocycles. The van der Waals surface area contributed by atoms with Crippen LogP contribution in [0.2, 0.25) is 0 Å². The van der Waals surface area contributed by atoms with Crippen molar-refractivity contribution in [2.45, 2.75) is 62.9 Å². The van der Waals surface area contributed by atoms with Crippen molar-refractivity contribution in [3.63, 3.8) is 0 Å². The predicted octanol–water partition coefficient (Wildman–Crippen LogP) is 3.06. The third kappa shape index (κ3) is 3.02. The van der Waals surface area contributed by atoms with Crippen LogP contribution in [0.15, 0.2) is 16.8 Å². The van der Waals surface area contributed by atoms with Gasteiger partial charge in [-0.3, -0.25) is 14.5 Å². The van der Waals surface area contributed by atoms with E-state index in [1.165, 1.54) is 10.5 Å². The van der Waals surface area contributed by atoms with E-state index in [1.54, 1.807) is 11.3 Å². The van der Waals surface area contributed by atoms with Crippen LogP contribution < -0.4 is 5.32 Å². The van der Waals surface area contributed by atoms with Crippen LogP contribution in [0.4, 0.5) is 4.79 Å². The molecule has 3 heterocycles. The number of carbonyl (C=O) groups is 3. The van der Waals surface area contributed by atoms with Gasteiger partial charge in [0.2, 0.25) is 5.91 Å².